The summed E-state index contributed by atoms with van der Waals surface area (Å²) in [6.07, 6.45) is 0.467. The molecular weight excluding hydrogens is 242 g/mol. The molecule has 1 aliphatic rings. The molecule has 1 N–H and O–H groups in total. The molecule has 0 aliphatic carbocycles. The topological polar surface area (TPSA) is 79.4 Å². The van der Waals surface area contributed by atoms with Crippen molar-refractivity contribution in [3.8, 4) is 0 Å². The summed E-state index contributed by atoms with van der Waals surface area (Å²) >= 11 is 1.30. The van der Waals surface area contributed by atoms with Gasteiger partial charge in [-0.1, -0.05) is 6.92 Å². The molecule has 1 aliphatic heterocycles. The van der Waals surface area contributed by atoms with Crippen LogP contribution >= 0.6 is 11.3 Å². The van der Waals surface area contributed by atoms with Gasteiger partial charge in [-0.3, -0.25) is 19.7 Å². The predicted molar refractivity (Wildman–Crippen MR) is 60.4 cm³/mol. The number of hydrogen-bond donors (Lipinski definition) is 1. The molecule has 0 saturated carbocycles. The zero-order valence-electron chi connectivity index (χ0n) is 9.17. The smallest absolute Gasteiger partial charge is 0.274 e. The van der Waals surface area contributed by atoms with Gasteiger partial charge < -0.3 is 4.90 Å². The van der Waals surface area contributed by atoms with E-state index in [-0.39, 0.29) is 18.1 Å². The van der Waals surface area contributed by atoms with Crippen molar-refractivity contribution >= 4 is 29.1 Å². The van der Waals surface area contributed by atoms with Gasteiger partial charge in [0.25, 0.3) is 5.91 Å². The number of hydrogen-bond acceptors (Lipinski definition) is 5. The zero-order valence-corrected chi connectivity index (χ0v) is 9.99. The SMILES string of the molecule is CCC1C(=O)NC(=O)CN1C(=O)c1cscn1. The van der Waals surface area contributed by atoms with E-state index in [9.17, 15) is 14.4 Å². The Labute approximate surface area is 102 Å². The molecule has 2 heterocycles. The van der Waals surface area contributed by atoms with E-state index in [1.807, 2.05) is 0 Å². The number of thiazole rings is 1. The van der Waals surface area contributed by atoms with Gasteiger partial charge >= 0.3 is 0 Å². The third-order valence-corrected chi connectivity index (χ3v) is 3.14. The number of nitrogens with one attached hydrogen (secondary N) is 1. The number of aromatic nitrogens is 1. The minimum absolute atomic E-state index is 0.0966. The van der Waals surface area contributed by atoms with Crippen molar-refractivity contribution in [2.24, 2.45) is 0 Å². The Kier molecular flexibility index (Phi) is 3.19. The van der Waals surface area contributed by atoms with Crippen LogP contribution in [0.5, 0.6) is 0 Å². The van der Waals surface area contributed by atoms with Crippen LogP contribution in [0.2, 0.25) is 0 Å². The van der Waals surface area contributed by atoms with Gasteiger partial charge in [0.05, 0.1) is 5.51 Å². The van der Waals surface area contributed by atoms with Crippen LogP contribution in [-0.4, -0.2) is 40.2 Å². The number of carbonyl (C=O) groups is 3. The van der Waals surface area contributed by atoms with Crippen LogP contribution in [0.4, 0.5) is 0 Å². The quantitative estimate of drug-likeness (QED) is 0.754. The fourth-order valence-corrected chi connectivity index (χ4v) is 2.28. The van der Waals surface area contributed by atoms with Crippen molar-refractivity contribution in [3.05, 3.63) is 16.6 Å². The molecule has 6 nitrogen and oxygen atoms in total. The van der Waals surface area contributed by atoms with Gasteiger partial charge in [0.15, 0.2) is 0 Å². The van der Waals surface area contributed by atoms with E-state index in [0.717, 1.165) is 0 Å². The van der Waals surface area contributed by atoms with Gasteiger partial charge in [-0.05, 0) is 6.42 Å². The lowest BCUT2D eigenvalue weighted by molar-refractivity contribution is -0.138. The molecule has 7 heteroatoms. The van der Waals surface area contributed by atoms with Crippen LogP contribution in [0.3, 0.4) is 0 Å². The van der Waals surface area contributed by atoms with Crippen molar-refractivity contribution in [2.45, 2.75) is 19.4 Å². The number of nitrogens with zero attached hydrogens (tertiary/aromatic N) is 2. The first kappa shape index (κ1) is 11.7. The number of rotatable bonds is 2. The number of imide groups is 1. The van der Waals surface area contributed by atoms with Crippen LogP contribution in [0.25, 0.3) is 0 Å². The molecule has 17 heavy (non-hydrogen) atoms. The van der Waals surface area contributed by atoms with Gasteiger partial charge in [0, 0.05) is 5.38 Å². The van der Waals surface area contributed by atoms with Crippen LogP contribution in [0.1, 0.15) is 23.8 Å². The second kappa shape index (κ2) is 4.62. The van der Waals surface area contributed by atoms with E-state index in [0.29, 0.717) is 6.42 Å². The Balaban J connectivity index is 2.25. The minimum Gasteiger partial charge on any atom is -0.316 e. The molecule has 0 spiro atoms. The summed E-state index contributed by atoms with van der Waals surface area (Å²) in [5.41, 5.74) is 1.82. The highest BCUT2D eigenvalue weighted by atomic mass is 32.1. The molecular formula is C10H11N3O3S. The van der Waals surface area contributed by atoms with Crippen LogP contribution in [0, 0.1) is 0 Å². The highest BCUT2D eigenvalue weighted by Crippen LogP contribution is 2.14. The molecule has 2 rings (SSSR count). The van der Waals surface area contributed by atoms with E-state index < -0.39 is 17.9 Å². The van der Waals surface area contributed by atoms with E-state index >= 15 is 0 Å². The third-order valence-electron chi connectivity index (χ3n) is 2.55. The summed E-state index contributed by atoms with van der Waals surface area (Å²) in [6, 6.07) is -0.595. The van der Waals surface area contributed by atoms with Crippen molar-refractivity contribution in [2.75, 3.05) is 6.54 Å². The monoisotopic (exact) mass is 253 g/mol. The summed E-state index contributed by atoms with van der Waals surface area (Å²) in [4.78, 5) is 40.1. The lowest BCUT2D eigenvalue weighted by Gasteiger charge is -2.32. The Morgan fingerprint density at radius 1 is 1.65 bits per heavy atom. The van der Waals surface area contributed by atoms with Crippen molar-refractivity contribution in [1.82, 2.24) is 15.2 Å². The maximum absolute atomic E-state index is 12.1. The highest BCUT2D eigenvalue weighted by Gasteiger charge is 2.36. The van der Waals surface area contributed by atoms with E-state index in [2.05, 4.69) is 10.3 Å². The van der Waals surface area contributed by atoms with Crippen LogP contribution < -0.4 is 5.32 Å². The Morgan fingerprint density at radius 2 is 2.41 bits per heavy atom. The summed E-state index contributed by atoms with van der Waals surface area (Å²) < 4.78 is 0. The second-order valence-corrected chi connectivity index (χ2v) is 4.36. The molecule has 1 aromatic rings. The fourth-order valence-electron chi connectivity index (χ4n) is 1.75. The first-order valence-electron chi connectivity index (χ1n) is 5.16. The van der Waals surface area contributed by atoms with Crippen molar-refractivity contribution < 1.29 is 14.4 Å². The summed E-state index contributed by atoms with van der Waals surface area (Å²) in [6.45, 7) is 1.70. The second-order valence-electron chi connectivity index (χ2n) is 3.64. The van der Waals surface area contributed by atoms with E-state index in [1.165, 1.54) is 16.2 Å². The van der Waals surface area contributed by atoms with Gasteiger partial charge in [-0.15, -0.1) is 11.3 Å². The van der Waals surface area contributed by atoms with Crippen LogP contribution in [0.15, 0.2) is 10.9 Å². The Morgan fingerprint density at radius 3 is 3.00 bits per heavy atom. The Bertz CT molecular complexity index is 457. The predicted octanol–water partition coefficient (Wildman–Crippen LogP) is 0.0203. The maximum Gasteiger partial charge on any atom is 0.274 e. The molecule has 0 radical (unpaired) electrons. The molecule has 3 amide bonds. The molecule has 0 bridgehead atoms. The molecule has 1 atom stereocenters. The third kappa shape index (κ3) is 2.19. The molecule has 1 fully saturated rings. The van der Waals surface area contributed by atoms with E-state index in [1.54, 1.807) is 17.8 Å². The average molecular weight is 253 g/mol. The summed E-state index contributed by atoms with van der Waals surface area (Å²) in [7, 11) is 0. The fraction of sp³-hybridized carbons (Fsp3) is 0.400. The van der Waals surface area contributed by atoms with Gasteiger partial charge in [-0.2, -0.15) is 0 Å². The zero-order chi connectivity index (χ0) is 12.4. The van der Waals surface area contributed by atoms with Crippen molar-refractivity contribution in [1.29, 1.82) is 0 Å². The Hall–Kier alpha value is -1.76. The summed E-state index contributed by atoms with van der Waals surface area (Å²) in [5, 5.41) is 3.82. The van der Waals surface area contributed by atoms with Gasteiger partial charge in [0.2, 0.25) is 11.8 Å². The number of amides is 3. The summed E-state index contributed by atoms with van der Waals surface area (Å²) in [5.74, 6) is -1.25. The minimum atomic E-state index is -0.595. The molecule has 1 saturated heterocycles. The maximum atomic E-state index is 12.1. The lowest BCUT2D eigenvalue weighted by Crippen LogP contribution is -2.59. The molecule has 1 aromatic heterocycles. The van der Waals surface area contributed by atoms with Crippen molar-refractivity contribution in [3.63, 3.8) is 0 Å². The van der Waals surface area contributed by atoms with Gasteiger partial charge in [-0.25, -0.2) is 4.98 Å². The highest BCUT2D eigenvalue weighted by molar-refractivity contribution is 7.07. The molecule has 1 unspecified atom stereocenters. The standard InChI is InChI=1S/C10H11N3O3S/c1-2-7-9(15)12-8(14)3-13(7)10(16)6-4-17-5-11-6/h4-5,7H,2-3H2,1H3,(H,12,14,15). The average Bonchev–Trinajstić information content (AvgIpc) is 2.80. The molecule has 0 aromatic carbocycles. The molecule has 90 valence electrons. The lowest BCUT2D eigenvalue weighted by atomic mass is 10.1. The number of carbonyl (C=O) groups excluding carboxylic acids is 3. The first-order valence-corrected chi connectivity index (χ1v) is 6.10. The van der Waals surface area contributed by atoms with E-state index in [4.69, 9.17) is 0 Å². The largest absolute Gasteiger partial charge is 0.316 e. The number of piperazine rings is 1. The normalized spacial score (nSPS) is 20.3. The van der Waals surface area contributed by atoms with Gasteiger partial charge in [0.1, 0.15) is 18.3 Å². The first-order chi connectivity index (χ1) is 8.13. The van der Waals surface area contributed by atoms with Crippen LogP contribution in [-0.2, 0) is 9.59 Å².